The molecule has 1 heterocycles. The Balaban J connectivity index is 2.91. The second kappa shape index (κ2) is 3.39. The number of hydrogen-bond donors (Lipinski definition) is 2. The van der Waals surface area contributed by atoms with Crippen molar-refractivity contribution in [2.45, 2.75) is 25.6 Å². The van der Waals surface area contributed by atoms with Gasteiger partial charge in [0, 0.05) is 0 Å². The monoisotopic (exact) mass is 190 g/mol. The zero-order chi connectivity index (χ0) is 10.1. The third kappa shape index (κ3) is 2.02. The second-order valence-electron chi connectivity index (χ2n) is 3.35. The molecule has 13 heavy (non-hydrogen) atoms. The minimum Gasteiger partial charge on any atom is -0.361 e. The van der Waals surface area contributed by atoms with Gasteiger partial charge in [-0.3, -0.25) is 4.39 Å². The number of aromatic nitrogens is 2. The molecule has 1 aromatic rings. The van der Waals surface area contributed by atoms with E-state index in [9.17, 15) is 4.39 Å². The molecule has 0 unspecified atom stereocenters. The fourth-order valence-electron chi connectivity index (χ4n) is 0.675. The first-order valence-corrected chi connectivity index (χ1v) is 3.73. The van der Waals surface area contributed by atoms with Crippen molar-refractivity contribution in [1.29, 1.82) is 0 Å². The molecule has 0 bridgehead atoms. The summed E-state index contributed by atoms with van der Waals surface area (Å²) in [6, 6.07) is 0. The minimum atomic E-state index is -1.81. The van der Waals surface area contributed by atoms with Gasteiger partial charge >= 0.3 is 0 Å². The van der Waals surface area contributed by atoms with Crippen molar-refractivity contribution in [3.05, 3.63) is 11.7 Å². The quantitative estimate of drug-likeness (QED) is 0.670. The molecule has 74 valence electrons. The molecule has 0 aromatic carbocycles. The highest BCUT2D eigenvalue weighted by atomic mass is 19.1. The maximum atomic E-state index is 12.4. The molecule has 0 saturated carbocycles. The summed E-state index contributed by atoms with van der Waals surface area (Å²) in [4.78, 5) is 3.63. The van der Waals surface area contributed by atoms with Gasteiger partial charge in [-0.15, -0.1) is 0 Å². The SMILES string of the molecule is CC(C)(CF)c1noc(C(O)O)n1. The van der Waals surface area contributed by atoms with E-state index in [0.717, 1.165) is 0 Å². The van der Waals surface area contributed by atoms with Gasteiger partial charge in [-0.05, 0) is 0 Å². The first kappa shape index (κ1) is 10.1. The third-order valence-electron chi connectivity index (χ3n) is 1.60. The topological polar surface area (TPSA) is 79.4 Å². The molecule has 0 atom stereocenters. The van der Waals surface area contributed by atoms with E-state index >= 15 is 0 Å². The van der Waals surface area contributed by atoms with Gasteiger partial charge in [0.15, 0.2) is 5.82 Å². The number of aliphatic hydroxyl groups is 2. The molecule has 0 aliphatic heterocycles. The third-order valence-corrected chi connectivity index (χ3v) is 1.60. The molecule has 6 heteroatoms. The van der Waals surface area contributed by atoms with E-state index in [4.69, 9.17) is 10.2 Å². The smallest absolute Gasteiger partial charge is 0.283 e. The van der Waals surface area contributed by atoms with Crippen molar-refractivity contribution in [3.63, 3.8) is 0 Å². The standard InChI is InChI=1S/C7H11FN2O3/c1-7(2,3-8)6-9-4(5(11)12)13-10-6/h5,11-12H,3H2,1-2H3. The van der Waals surface area contributed by atoms with Gasteiger partial charge in [-0.25, -0.2) is 0 Å². The van der Waals surface area contributed by atoms with Gasteiger partial charge in [0.05, 0.1) is 5.41 Å². The van der Waals surface area contributed by atoms with Crippen LogP contribution in [0.4, 0.5) is 4.39 Å². The Kier molecular flexibility index (Phi) is 2.63. The highest BCUT2D eigenvalue weighted by Gasteiger charge is 2.27. The van der Waals surface area contributed by atoms with Crippen molar-refractivity contribution in [2.24, 2.45) is 0 Å². The summed E-state index contributed by atoms with van der Waals surface area (Å²) in [5.41, 5.74) is -0.864. The number of halogens is 1. The Morgan fingerprint density at radius 2 is 2.15 bits per heavy atom. The molecule has 1 rings (SSSR count). The summed E-state index contributed by atoms with van der Waals surface area (Å²) in [6.45, 7) is 2.53. The Labute approximate surface area is 74.2 Å². The fraction of sp³-hybridized carbons (Fsp3) is 0.714. The molecule has 0 fully saturated rings. The van der Waals surface area contributed by atoms with Gasteiger partial charge in [0.1, 0.15) is 6.67 Å². The molecular formula is C7H11FN2O3. The Morgan fingerprint density at radius 1 is 1.54 bits per heavy atom. The highest BCUT2D eigenvalue weighted by Crippen LogP contribution is 2.21. The number of nitrogens with zero attached hydrogens (tertiary/aromatic N) is 2. The van der Waals surface area contributed by atoms with E-state index in [2.05, 4.69) is 14.7 Å². The summed E-state index contributed by atoms with van der Waals surface area (Å²) in [6.07, 6.45) is -1.81. The van der Waals surface area contributed by atoms with Crippen LogP contribution < -0.4 is 0 Å². The predicted molar refractivity (Wildman–Crippen MR) is 40.5 cm³/mol. The average Bonchev–Trinajstić information content (AvgIpc) is 2.52. The van der Waals surface area contributed by atoms with E-state index in [1.165, 1.54) is 0 Å². The summed E-state index contributed by atoms with van der Waals surface area (Å²) in [5.74, 6) is -0.199. The summed E-state index contributed by atoms with van der Waals surface area (Å²) < 4.78 is 16.9. The van der Waals surface area contributed by atoms with Crippen LogP contribution in [0.15, 0.2) is 4.52 Å². The maximum Gasteiger partial charge on any atom is 0.283 e. The Bertz CT molecular complexity index is 285. The van der Waals surface area contributed by atoms with E-state index in [-0.39, 0.29) is 11.7 Å². The Hall–Kier alpha value is -1.01. The molecule has 2 N–H and O–H groups in total. The van der Waals surface area contributed by atoms with Crippen LogP contribution in [0.25, 0.3) is 0 Å². The number of hydrogen-bond acceptors (Lipinski definition) is 5. The van der Waals surface area contributed by atoms with Crippen molar-refractivity contribution in [1.82, 2.24) is 10.1 Å². The van der Waals surface area contributed by atoms with E-state index in [0.29, 0.717) is 0 Å². The largest absolute Gasteiger partial charge is 0.361 e. The van der Waals surface area contributed by atoms with Gasteiger partial charge in [-0.2, -0.15) is 4.98 Å². The number of alkyl halides is 1. The van der Waals surface area contributed by atoms with Crippen molar-refractivity contribution < 1.29 is 19.1 Å². The molecule has 0 saturated heterocycles. The van der Waals surface area contributed by atoms with E-state index < -0.39 is 18.4 Å². The van der Waals surface area contributed by atoms with Gasteiger partial charge in [0.25, 0.3) is 5.89 Å². The number of rotatable bonds is 3. The van der Waals surface area contributed by atoms with E-state index in [1.807, 2.05) is 0 Å². The maximum absolute atomic E-state index is 12.4. The van der Waals surface area contributed by atoms with Gasteiger partial charge in [-0.1, -0.05) is 19.0 Å². The van der Waals surface area contributed by atoms with Crippen molar-refractivity contribution in [2.75, 3.05) is 6.67 Å². The fourth-order valence-corrected chi connectivity index (χ4v) is 0.675. The highest BCUT2D eigenvalue weighted by molar-refractivity contribution is 5.02. The molecule has 0 spiro atoms. The van der Waals surface area contributed by atoms with Crippen LogP contribution in [-0.4, -0.2) is 27.0 Å². The minimum absolute atomic E-state index is 0.123. The van der Waals surface area contributed by atoms with Crippen molar-refractivity contribution >= 4 is 0 Å². The molecule has 0 aliphatic carbocycles. The number of aliphatic hydroxyl groups excluding tert-OH is 1. The second-order valence-corrected chi connectivity index (χ2v) is 3.35. The lowest BCUT2D eigenvalue weighted by Crippen LogP contribution is -2.21. The zero-order valence-electron chi connectivity index (χ0n) is 7.36. The molecule has 1 aromatic heterocycles. The first-order chi connectivity index (χ1) is 5.97. The lowest BCUT2D eigenvalue weighted by molar-refractivity contribution is -0.0651. The van der Waals surface area contributed by atoms with Crippen LogP contribution in [0.3, 0.4) is 0 Å². The summed E-state index contributed by atoms with van der Waals surface area (Å²) in [5, 5.41) is 20.7. The van der Waals surface area contributed by atoms with Crippen LogP contribution in [0.2, 0.25) is 0 Å². The van der Waals surface area contributed by atoms with Gasteiger partial charge in [0.2, 0.25) is 6.29 Å². The van der Waals surface area contributed by atoms with Crippen LogP contribution in [0, 0.1) is 0 Å². The van der Waals surface area contributed by atoms with Crippen LogP contribution >= 0.6 is 0 Å². The zero-order valence-corrected chi connectivity index (χ0v) is 7.36. The van der Waals surface area contributed by atoms with Crippen molar-refractivity contribution in [3.8, 4) is 0 Å². The van der Waals surface area contributed by atoms with Crippen LogP contribution in [-0.2, 0) is 5.41 Å². The molecule has 0 aliphatic rings. The lowest BCUT2D eigenvalue weighted by atomic mass is 9.95. The molecular weight excluding hydrogens is 179 g/mol. The molecule has 5 nitrogen and oxygen atoms in total. The average molecular weight is 190 g/mol. The first-order valence-electron chi connectivity index (χ1n) is 3.73. The summed E-state index contributed by atoms with van der Waals surface area (Å²) >= 11 is 0. The predicted octanol–water partition coefficient (Wildman–Crippen LogP) is 0.300. The van der Waals surface area contributed by atoms with Crippen LogP contribution in [0.1, 0.15) is 31.9 Å². The molecule has 0 radical (unpaired) electrons. The molecule has 0 amide bonds. The Morgan fingerprint density at radius 3 is 2.54 bits per heavy atom. The normalized spacial score (nSPS) is 12.5. The summed E-state index contributed by atoms with van der Waals surface area (Å²) in [7, 11) is 0. The van der Waals surface area contributed by atoms with Gasteiger partial charge < -0.3 is 14.7 Å². The lowest BCUT2D eigenvalue weighted by Gasteiger charge is -2.13. The van der Waals surface area contributed by atoms with Crippen LogP contribution in [0.5, 0.6) is 0 Å². The van der Waals surface area contributed by atoms with E-state index in [1.54, 1.807) is 13.8 Å².